The molecule has 2 aromatic rings. The molecule has 1 atom stereocenters. The summed E-state index contributed by atoms with van der Waals surface area (Å²) in [5.41, 5.74) is 3.76. The standard InChI is InChI=1S/C17H21N3O2S/c1-11(2)15-16(23-10-18-15)19-17(22)20-9-3-4-14(20)12-5-7-13(21)8-6-12/h5-8,10-11,14,21H,3-4,9H2,1-2H3,(H,19,22). The Morgan fingerprint density at radius 3 is 2.83 bits per heavy atom. The van der Waals surface area contributed by atoms with E-state index in [4.69, 9.17) is 0 Å². The van der Waals surface area contributed by atoms with Crippen LogP contribution in [0.5, 0.6) is 5.75 Å². The van der Waals surface area contributed by atoms with Crippen LogP contribution in [0.15, 0.2) is 29.8 Å². The van der Waals surface area contributed by atoms with Crippen molar-refractivity contribution < 1.29 is 9.90 Å². The number of aromatic hydroxyl groups is 1. The summed E-state index contributed by atoms with van der Waals surface area (Å²) in [6.45, 7) is 4.88. The van der Waals surface area contributed by atoms with Crippen LogP contribution in [0, 0.1) is 0 Å². The van der Waals surface area contributed by atoms with E-state index in [1.165, 1.54) is 11.3 Å². The van der Waals surface area contributed by atoms with Crippen LogP contribution in [0.25, 0.3) is 0 Å². The first-order chi connectivity index (χ1) is 11.1. The molecule has 0 spiro atoms. The maximum atomic E-state index is 12.7. The van der Waals surface area contributed by atoms with Crippen LogP contribution in [0.2, 0.25) is 0 Å². The summed E-state index contributed by atoms with van der Waals surface area (Å²) >= 11 is 1.46. The number of aromatic nitrogens is 1. The van der Waals surface area contributed by atoms with E-state index < -0.39 is 0 Å². The van der Waals surface area contributed by atoms with Gasteiger partial charge in [-0.1, -0.05) is 26.0 Å². The number of anilines is 1. The Balaban J connectivity index is 1.75. The Labute approximate surface area is 140 Å². The number of nitrogens with zero attached hydrogens (tertiary/aromatic N) is 2. The quantitative estimate of drug-likeness (QED) is 0.879. The molecular weight excluding hydrogens is 310 g/mol. The molecule has 6 heteroatoms. The fraction of sp³-hybridized carbons (Fsp3) is 0.412. The van der Waals surface area contributed by atoms with Crippen molar-refractivity contribution >= 4 is 22.4 Å². The second-order valence-corrected chi connectivity index (χ2v) is 6.95. The molecule has 2 heterocycles. The van der Waals surface area contributed by atoms with Gasteiger partial charge in [0.25, 0.3) is 0 Å². The highest BCUT2D eigenvalue weighted by Crippen LogP contribution is 2.34. The number of thiazole rings is 1. The molecule has 23 heavy (non-hydrogen) atoms. The molecule has 1 aliphatic heterocycles. The maximum Gasteiger partial charge on any atom is 0.323 e. The summed E-state index contributed by atoms with van der Waals surface area (Å²) in [5.74, 6) is 0.525. The minimum atomic E-state index is -0.0771. The predicted molar refractivity (Wildman–Crippen MR) is 92.0 cm³/mol. The number of phenolic OH excluding ortho intramolecular Hbond substituents is 1. The van der Waals surface area contributed by atoms with Crippen LogP contribution >= 0.6 is 11.3 Å². The van der Waals surface area contributed by atoms with E-state index in [0.29, 0.717) is 0 Å². The summed E-state index contributed by atoms with van der Waals surface area (Å²) in [6, 6.07) is 7.10. The number of rotatable bonds is 3. The predicted octanol–water partition coefficient (Wildman–Crippen LogP) is 4.34. The van der Waals surface area contributed by atoms with Gasteiger partial charge in [-0.25, -0.2) is 9.78 Å². The fourth-order valence-corrected chi connectivity index (χ4v) is 3.81. The molecule has 0 bridgehead atoms. The fourth-order valence-electron chi connectivity index (χ4n) is 2.98. The van der Waals surface area contributed by atoms with Gasteiger partial charge in [-0.3, -0.25) is 5.32 Å². The first-order valence-electron chi connectivity index (χ1n) is 7.86. The Morgan fingerprint density at radius 2 is 2.13 bits per heavy atom. The summed E-state index contributed by atoms with van der Waals surface area (Å²) in [4.78, 5) is 18.9. The number of hydrogen-bond donors (Lipinski definition) is 2. The van der Waals surface area contributed by atoms with E-state index in [-0.39, 0.29) is 23.7 Å². The Morgan fingerprint density at radius 1 is 1.39 bits per heavy atom. The summed E-state index contributed by atoms with van der Waals surface area (Å²) in [6.07, 6.45) is 1.93. The Kier molecular flexibility index (Phi) is 4.52. The van der Waals surface area contributed by atoms with Gasteiger partial charge in [0.15, 0.2) is 0 Å². The Hall–Kier alpha value is -2.08. The molecule has 3 rings (SSSR count). The van der Waals surface area contributed by atoms with Crippen LogP contribution < -0.4 is 5.32 Å². The molecular formula is C17H21N3O2S. The molecule has 1 aromatic heterocycles. The van der Waals surface area contributed by atoms with Crippen molar-refractivity contribution in [1.82, 2.24) is 9.88 Å². The molecule has 0 radical (unpaired) electrons. The average Bonchev–Trinajstić information content (AvgIpc) is 3.16. The maximum absolute atomic E-state index is 12.7. The highest BCUT2D eigenvalue weighted by molar-refractivity contribution is 7.14. The van der Waals surface area contributed by atoms with Gasteiger partial charge in [0.1, 0.15) is 10.8 Å². The molecule has 1 unspecified atom stereocenters. The number of nitrogens with one attached hydrogen (secondary N) is 1. The topological polar surface area (TPSA) is 65.5 Å². The van der Waals surface area contributed by atoms with E-state index in [1.807, 2.05) is 17.0 Å². The largest absolute Gasteiger partial charge is 0.508 e. The molecule has 1 aromatic carbocycles. The lowest BCUT2D eigenvalue weighted by atomic mass is 10.0. The highest BCUT2D eigenvalue weighted by atomic mass is 32.1. The average molecular weight is 331 g/mol. The van der Waals surface area contributed by atoms with E-state index in [2.05, 4.69) is 24.1 Å². The van der Waals surface area contributed by atoms with Crippen LogP contribution in [-0.4, -0.2) is 27.6 Å². The van der Waals surface area contributed by atoms with Crippen molar-refractivity contribution in [3.05, 3.63) is 41.0 Å². The number of carbonyl (C=O) groups excluding carboxylic acids is 1. The van der Waals surface area contributed by atoms with Crippen LogP contribution in [0.4, 0.5) is 9.80 Å². The SMILES string of the molecule is CC(C)c1ncsc1NC(=O)N1CCCC1c1ccc(O)cc1. The second kappa shape index (κ2) is 6.58. The number of benzene rings is 1. The number of amides is 2. The lowest BCUT2D eigenvalue weighted by Crippen LogP contribution is -2.34. The van der Waals surface area contributed by atoms with E-state index in [0.717, 1.165) is 35.6 Å². The number of carbonyl (C=O) groups is 1. The number of hydrogen-bond acceptors (Lipinski definition) is 4. The van der Waals surface area contributed by atoms with Gasteiger partial charge in [0.05, 0.1) is 17.2 Å². The normalized spacial score (nSPS) is 17.7. The molecule has 1 saturated heterocycles. The van der Waals surface area contributed by atoms with Crippen molar-refractivity contribution in [2.75, 3.05) is 11.9 Å². The van der Waals surface area contributed by atoms with Gasteiger partial charge in [0, 0.05) is 6.54 Å². The number of likely N-dealkylation sites (tertiary alicyclic amines) is 1. The van der Waals surface area contributed by atoms with Gasteiger partial charge >= 0.3 is 6.03 Å². The first-order valence-corrected chi connectivity index (χ1v) is 8.74. The van der Waals surface area contributed by atoms with Gasteiger partial charge in [0.2, 0.25) is 0 Å². The van der Waals surface area contributed by atoms with Gasteiger partial charge in [-0.15, -0.1) is 11.3 Å². The smallest absolute Gasteiger partial charge is 0.323 e. The molecule has 2 amide bonds. The molecule has 1 aliphatic rings. The molecule has 0 aliphatic carbocycles. The third kappa shape index (κ3) is 3.32. The van der Waals surface area contributed by atoms with E-state index in [1.54, 1.807) is 17.6 Å². The number of urea groups is 1. The molecule has 1 fully saturated rings. The van der Waals surface area contributed by atoms with Crippen molar-refractivity contribution in [3.63, 3.8) is 0 Å². The van der Waals surface area contributed by atoms with Gasteiger partial charge in [-0.2, -0.15) is 0 Å². The zero-order valence-corrected chi connectivity index (χ0v) is 14.1. The van der Waals surface area contributed by atoms with Crippen LogP contribution in [-0.2, 0) is 0 Å². The Bertz CT molecular complexity index is 681. The summed E-state index contributed by atoms with van der Waals surface area (Å²) in [5, 5.41) is 13.3. The van der Waals surface area contributed by atoms with Crippen molar-refractivity contribution in [2.24, 2.45) is 0 Å². The lowest BCUT2D eigenvalue weighted by molar-refractivity contribution is 0.207. The summed E-state index contributed by atoms with van der Waals surface area (Å²) in [7, 11) is 0. The monoisotopic (exact) mass is 331 g/mol. The third-order valence-electron chi connectivity index (χ3n) is 4.15. The third-order valence-corrected chi connectivity index (χ3v) is 4.91. The van der Waals surface area contributed by atoms with Gasteiger partial charge < -0.3 is 10.0 Å². The molecule has 122 valence electrons. The number of phenols is 1. The minimum absolute atomic E-state index is 0.0611. The molecule has 2 N–H and O–H groups in total. The lowest BCUT2D eigenvalue weighted by Gasteiger charge is -2.25. The van der Waals surface area contributed by atoms with Crippen molar-refractivity contribution in [1.29, 1.82) is 0 Å². The van der Waals surface area contributed by atoms with Crippen molar-refractivity contribution in [3.8, 4) is 5.75 Å². The molecule has 0 saturated carbocycles. The van der Waals surface area contributed by atoms with E-state index >= 15 is 0 Å². The first kappa shape index (κ1) is 15.8. The zero-order valence-electron chi connectivity index (χ0n) is 13.3. The van der Waals surface area contributed by atoms with Gasteiger partial charge in [-0.05, 0) is 36.5 Å². The minimum Gasteiger partial charge on any atom is -0.508 e. The molecule has 5 nitrogen and oxygen atoms in total. The van der Waals surface area contributed by atoms with Crippen LogP contribution in [0.3, 0.4) is 0 Å². The second-order valence-electron chi connectivity index (χ2n) is 6.09. The summed E-state index contributed by atoms with van der Waals surface area (Å²) < 4.78 is 0. The zero-order chi connectivity index (χ0) is 16.4. The van der Waals surface area contributed by atoms with Crippen LogP contribution in [0.1, 0.15) is 49.9 Å². The van der Waals surface area contributed by atoms with Crippen molar-refractivity contribution in [2.45, 2.75) is 38.6 Å². The van der Waals surface area contributed by atoms with E-state index in [9.17, 15) is 9.90 Å². The highest BCUT2D eigenvalue weighted by Gasteiger charge is 2.30.